The number of benzene rings is 2. The number of aryl methyl sites for hydroxylation is 2. The van der Waals surface area contributed by atoms with Crippen molar-refractivity contribution < 1.29 is 9.59 Å². The van der Waals surface area contributed by atoms with E-state index >= 15 is 0 Å². The molecule has 2 aromatic carbocycles. The van der Waals surface area contributed by atoms with Gasteiger partial charge in [0.05, 0.1) is 5.75 Å². The number of carbonyl (C=O) groups excluding carboxylic acids is 2. The Kier molecular flexibility index (Phi) is 8.77. The first-order valence-electron chi connectivity index (χ1n) is 10.0. The number of nitrogens with one attached hydrogen (secondary N) is 1. The van der Waals surface area contributed by atoms with Gasteiger partial charge in [0.15, 0.2) is 0 Å². The van der Waals surface area contributed by atoms with E-state index in [-0.39, 0.29) is 17.9 Å². The molecule has 29 heavy (non-hydrogen) atoms. The van der Waals surface area contributed by atoms with Gasteiger partial charge in [-0.25, -0.2) is 0 Å². The minimum atomic E-state index is -0.522. The molecule has 0 aliphatic rings. The highest BCUT2D eigenvalue weighted by molar-refractivity contribution is 7.99. The van der Waals surface area contributed by atoms with Gasteiger partial charge in [-0.15, -0.1) is 11.8 Å². The fourth-order valence-corrected chi connectivity index (χ4v) is 3.88. The molecule has 0 aromatic heterocycles. The summed E-state index contributed by atoms with van der Waals surface area (Å²) in [5.41, 5.74) is 4.62. The standard InChI is InChI=1S/C24H32N2O2S/c1-17(2)25-24(28)20(5)26(14-21-11-9-18(3)10-12-21)23(27)16-29-15-22-8-6-7-19(4)13-22/h6-13,17,20H,14-16H2,1-5H3,(H,25,28)/t20-/m0/s1. The van der Waals surface area contributed by atoms with Crippen molar-refractivity contribution in [3.8, 4) is 0 Å². The third-order valence-electron chi connectivity index (χ3n) is 4.65. The predicted octanol–water partition coefficient (Wildman–Crippen LogP) is 4.48. The fraction of sp³-hybridized carbons (Fsp3) is 0.417. The lowest BCUT2D eigenvalue weighted by Crippen LogP contribution is -2.49. The Hall–Kier alpha value is -2.27. The zero-order valence-electron chi connectivity index (χ0n) is 18.1. The molecule has 0 bridgehead atoms. The number of hydrogen-bond donors (Lipinski definition) is 1. The molecular formula is C24H32N2O2S. The molecule has 1 N–H and O–H groups in total. The summed E-state index contributed by atoms with van der Waals surface area (Å²) in [7, 11) is 0. The van der Waals surface area contributed by atoms with Crippen LogP contribution in [0.4, 0.5) is 0 Å². The lowest BCUT2D eigenvalue weighted by atomic mass is 10.1. The molecule has 0 heterocycles. The van der Waals surface area contributed by atoms with Crippen molar-refractivity contribution in [2.24, 2.45) is 0 Å². The molecule has 0 aliphatic heterocycles. The maximum absolute atomic E-state index is 13.0. The van der Waals surface area contributed by atoms with E-state index in [1.54, 1.807) is 23.6 Å². The van der Waals surface area contributed by atoms with Crippen molar-refractivity contribution in [2.45, 2.75) is 59.0 Å². The smallest absolute Gasteiger partial charge is 0.242 e. The lowest BCUT2D eigenvalue weighted by molar-refractivity contribution is -0.138. The quantitative estimate of drug-likeness (QED) is 0.661. The minimum Gasteiger partial charge on any atom is -0.352 e. The number of thioether (sulfide) groups is 1. The first kappa shape index (κ1) is 23.0. The van der Waals surface area contributed by atoms with Gasteiger partial charge in [-0.1, -0.05) is 59.7 Å². The molecule has 0 spiro atoms. The van der Waals surface area contributed by atoms with Crippen molar-refractivity contribution in [3.05, 3.63) is 70.8 Å². The lowest BCUT2D eigenvalue weighted by Gasteiger charge is -2.29. The Morgan fingerprint density at radius 1 is 0.966 bits per heavy atom. The van der Waals surface area contributed by atoms with Crippen LogP contribution in [0.1, 0.15) is 43.0 Å². The van der Waals surface area contributed by atoms with Crippen LogP contribution in [0, 0.1) is 13.8 Å². The van der Waals surface area contributed by atoms with E-state index < -0.39 is 6.04 Å². The van der Waals surface area contributed by atoms with E-state index in [9.17, 15) is 9.59 Å². The summed E-state index contributed by atoms with van der Waals surface area (Å²) in [4.78, 5) is 27.3. The average molecular weight is 413 g/mol. The summed E-state index contributed by atoms with van der Waals surface area (Å²) in [5, 5.41) is 2.92. The Morgan fingerprint density at radius 3 is 2.28 bits per heavy atom. The second-order valence-corrected chi connectivity index (χ2v) is 8.81. The second kappa shape index (κ2) is 11.1. The third-order valence-corrected chi connectivity index (χ3v) is 5.64. The summed E-state index contributed by atoms with van der Waals surface area (Å²) in [5.74, 6) is 0.982. The third kappa shape index (κ3) is 7.58. The fourth-order valence-electron chi connectivity index (χ4n) is 3.02. The van der Waals surface area contributed by atoms with Gasteiger partial charge in [0.25, 0.3) is 0 Å². The van der Waals surface area contributed by atoms with Gasteiger partial charge in [0.2, 0.25) is 11.8 Å². The molecule has 0 saturated heterocycles. The van der Waals surface area contributed by atoms with Gasteiger partial charge in [-0.2, -0.15) is 0 Å². The number of carbonyl (C=O) groups is 2. The molecule has 156 valence electrons. The van der Waals surface area contributed by atoms with Gasteiger partial charge in [0.1, 0.15) is 6.04 Å². The van der Waals surface area contributed by atoms with Crippen LogP contribution >= 0.6 is 11.8 Å². The molecule has 2 amide bonds. The maximum atomic E-state index is 13.0. The van der Waals surface area contributed by atoms with Crippen LogP contribution in [0.15, 0.2) is 48.5 Å². The number of amides is 2. The summed E-state index contributed by atoms with van der Waals surface area (Å²) in [6, 6.07) is 15.9. The van der Waals surface area contributed by atoms with E-state index in [0.29, 0.717) is 12.3 Å². The molecule has 1 atom stereocenters. The maximum Gasteiger partial charge on any atom is 0.242 e. The minimum absolute atomic E-state index is 0.0189. The summed E-state index contributed by atoms with van der Waals surface area (Å²) >= 11 is 1.58. The van der Waals surface area contributed by atoms with Crippen LogP contribution in [0.25, 0.3) is 0 Å². The van der Waals surface area contributed by atoms with Gasteiger partial charge < -0.3 is 10.2 Å². The van der Waals surface area contributed by atoms with Crippen LogP contribution in [0.3, 0.4) is 0 Å². The summed E-state index contributed by atoms with van der Waals surface area (Å²) in [6.07, 6.45) is 0. The monoisotopic (exact) mass is 412 g/mol. The highest BCUT2D eigenvalue weighted by atomic mass is 32.2. The molecule has 0 aliphatic carbocycles. The Morgan fingerprint density at radius 2 is 1.66 bits per heavy atom. The van der Waals surface area contributed by atoms with E-state index in [1.165, 1.54) is 16.7 Å². The normalized spacial score (nSPS) is 11.9. The number of nitrogens with zero attached hydrogens (tertiary/aromatic N) is 1. The average Bonchev–Trinajstić information content (AvgIpc) is 2.66. The van der Waals surface area contributed by atoms with Crippen molar-refractivity contribution in [1.29, 1.82) is 0 Å². The Balaban J connectivity index is 2.06. The van der Waals surface area contributed by atoms with E-state index in [1.807, 2.05) is 51.1 Å². The zero-order chi connectivity index (χ0) is 21.4. The van der Waals surface area contributed by atoms with E-state index in [4.69, 9.17) is 0 Å². The Labute approximate surface area is 179 Å². The number of rotatable bonds is 9. The van der Waals surface area contributed by atoms with E-state index in [0.717, 1.165) is 11.3 Å². The van der Waals surface area contributed by atoms with Crippen LogP contribution in [0.2, 0.25) is 0 Å². The summed E-state index contributed by atoms with van der Waals surface area (Å²) < 4.78 is 0. The van der Waals surface area contributed by atoms with Crippen molar-refractivity contribution in [2.75, 3.05) is 5.75 Å². The number of hydrogen-bond acceptors (Lipinski definition) is 3. The first-order valence-corrected chi connectivity index (χ1v) is 11.2. The second-order valence-electron chi connectivity index (χ2n) is 7.83. The van der Waals surface area contributed by atoms with Gasteiger partial charge in [-0.05, 0) is 45.7 Å². The van der Waals surface area contributed by atoms with Crippen molar-refractivity contribution in [3.63, 3.8) is 0 Å². The predicted molar refractivity (Wildman–Crippen MR) is 122 cm³/mol. The SMILES string of the molecule is Cc1ccc(CN(C(=O)CSCc2cccc(C)c2)[C@@H](C)C(=O)NC(C)C)cc1. The van der Waals surface area contributed by atoms with Crippen LogP contribution < -0.4 is 5.32 Å². The molecule has 0 radical (unpaired) electrons. The molecule has 0 unspecified atom stereocenters. The first-order chi connectivity index (χ1) is 13.8. The van der Waals surface area contributed by atoms with Gasteiger partial charge >= 0.3 is 0 Å². The topological polar surface area (TPSA) is 49.4 Å². The molecule has 2 rings (SSSR count). The van der Waals surface area contributed by atoms with Crippen LogP contribution in [-0.2, 0) is 21.9 Å². The highest BCUT2D eigenvalue weighted by Crippen LogP contribution is 2.17. The van der Waals surface area contributed by atoms with E-state index in [2.05, 4.69) is 30.4 Å². The molecule has 0 saturated carbocycles. The van der Waals surface area contributed by atoms with Crippen molar-refractivity contribution in [1.82, 2.24) is 10.2 Å². The van der Waals surface area contributed by atoms with Crippen LogP contribution in [-0.4, -0.2) is 34.6 Å². The summed E-state index contributed by atoms with van der Waals surface area (Å²) in [6.45, 7) is 10.2. The van der Waals surface area contributed by atoms with Gasteiger partial charge in [0, 0.05) is 18.3 Å². The van der Waals surface area contributed by atoms with Crippen molar-refractivity contribution >= 4 is 23.6 Å². The zero-order valence-corrected chi connectivity index (χ0v) is 18.9. The highest BCUT2D eigenvalue weighted by Gasteiger charge is 2.26. The Bertz CT molecular complexity index is 818. The molecule has 2 aromatic rings. The molecular weight excluding hydrogens is 380 g/mol. The van der Waals surface area contributed by atoms with Gasteiger partial charge in [-0.3, -0.25) is 9.59 Å². The van der Waals surface area contributed by atoms with Crippen LogP contribution in [0.5, 0.6) is 0 Å². The molecule has 5 heteroatoms. The molecule has 4 nitrogen and oxygen atoms in total. The molecule has 0 fully saturated rings. The largest absolute Gasteiger partial charge is 0.352 e.